The molecular weight excluding hydrogens is 290 g/mol. The zero-order valence-corrected chi connectivity index (χ0v) is 12.8. The van der Waals surface area contributed by atoms with Crippen molar-refractivity contribution >= 4 is 0 Å². The van der Waals surface area contributed by atoms with E-state index in [1.54, 1.807) is 0 Å². The molecule has 1 unspecified atom stereocenters. The second kappa shape index (κ2) is 4.55. The van der Waals surface area contributed by atoms with Gasteiger partial charge in [0.1, 0.15) is 17.6 Å². The van der Waals surface area contributed by atoms with Gasteiger partial charge in [-0.2, -0.15) is 0 Å². The van der Waals surface area contributed by atoms with Gasteiger partial charge in [0.15, 0.2) is 5.89 Å². The second-order valence-electron chi connectivity index (χ2n) is 6.41. The quantitative estimate of drug-likeness (QED) is 0.750. The number of fused-ring (bicyclic) bond motifs is 4. The van der Waals surface area contributed by atoms with Crippen molar-refractivity contribution in [2.24, 2.45) is 5.92 Å². The van der Waals surface area contributed by atoms with Crippen LogP contribution in [0.15, 0.2) is 41.2 Å². The van der Waals surface area contributed by atoms with Crippen molar-refractivity contribution in [1.82, 2.24) is 14.5 Å². The molecule has 0 spiro atoms. The van der Waals surface area contributed by atoms with Gasteiger partial charge >= 0.3 is 0 Å². The Morgan fingerprint density at radius 2 is 2.17 bits per heavy atom. The van der Waals surface area contributed by atoms with Crippen molar-refractivity contribution in [3.63, 3.8) is 0 Å². The van der Waals surface area contributed by atoms with E-state index in [0.717, 1.165) is 24.3 Å². The van der Waals surface area contributed by atoms with Crippen LogP contribution in [0.1, 0.15) is 41.5 Å². The lowest BCUT2D eigenvalue weighted by Gasteiger charge is -2.32. The Labute approximate surface area is 133 Å². The fourth-order valence-electron chi connectivity index (χ4n) is 4.19. The summed E-state index contributed by atoms with van der Waals surface area (Å²) in [5.41, 5.74) is 4.31. The number of hydrogen-bond acceptors (Lipinski definition) is 4. The van der Waals surface area contributed by atoms with Gasteiger partial charge in [0.05, 0.1) is 24.3 Å². The van der Waals surface area contributed by atoms with E-state index in [0.29, 0.717) is 11.6 Å². The molecule has 2 aliphatic rings. The van der Waals surface area contributed by atoms with E-state index in [2.05, 4.69) is 38.8 Å². The Bertz CT molecular complexity index is 895. The fourth-order valence-corrected chi connectivity index (χ4v) is 4.19. The molecule has 0 fully saturated rings. The van der Waals surface area contributed by atoms with Crippen LogP contribution in [-0.2, 0) is 6.42 Å². The van der Waals surface area contributed by atoms with Crippen molar-refractivity contribution in [2.45, 2.75) is 31.9 Å². The highest BCUT2D eigenvalue weighted by atomic mass is 16.4. The van der Waals surface area contributed by atoms with Gasteiger partial charge in [-0.25, -0.2) is 9.97 Å². The number of aliphatic hydroxyl groups excluding tert-OH is 1. The molecule has 0 bridgehead atoms. The molecular formula is C18H17N3O2. The third-order valence-corrected chi connectivity index (χ3v) is 5.15. The van der Waals surface area contributed by atoms with Gasteiger partial charge in [0, 0.05) is 24.8 Å². The average Bonchev–Trinajstić information content (AvgIpc) is 3.22. The molecule has 0 saturated carbocycles. The number of aryl methyl sites for hydroxylation is 2. The summed E-state index contributed by atoms with van der Waals surface area (Å²) in [6.45, 7) is 1.83. The summed E-state index contributed by atoms with van der Waals surface area (Å²) in [7, 11) is 0. The van der Waals surface area contributed by atoms with Gasteiger partial charge in [-0.3, -0.25) is 0 Å². The zero-order chi connectivity index (χ0) is 15.6. The van der Waals surface area contributed by atoms with Crippen LogP contribution in [0.3, 0.4) is 0 Å². The molecule has 116 valence electrons. The van der Waals surface area contributed by atoms with Crippen LogP contribution in [0.2, 0.25) is 0 Å². The summed E-state index contributed by atoms with van der Waals surface area (Å²) in [6.07, 6.45) is 4.86. The van der Waals surface area contributed by atoms with Gasteiger partial charge in [-0.1, -0.05) is 24.3 Å². The molecule has 0 saturated heterocycles. The highest BCUT2D eigenvalue weighted by molar-refractivity contribution is 5.69. The maximum atomic E-state index is 10.9. The number of rotatable bonds is 1. The molecule has 0 amide bonds. The third kappa shape index (κ3) is 1.71. The third-order valence-electron chi connectivity index (χ3n) is 5.15. The summed E-state index contributed by atoms with van der Waals surface area (Å²) in [6, 6.07) is 8.50. The molecule has 0 radical (unpaired) electrons. The lowest BCUT2D eigenvalue weighted by atomic mass is 9.79. The molecule has 5 heteroatoms. The Morgan fingerprint density at radius 1 is 1.30 bits per heavy atom. The zero-order valence-electron chi connectivity index (χ0n) is 12.8. The van der Waals surface area contributed by atoms with Gasteiger partial charge in [0.25, 0.3) is 0 Å². The Kier molecular flexibility index (Phi) is 2.59. The summed E-state index contributed by atoms with van der Waals surface area (Å²) < 4.78 is 7.81. The van der Waals surface area contributed by atoms with Crippen molar-refractivity contribution in [3.05, 3.63) is 59.7 Å². The van der Waals surface area contributed by atoms with E-state index < -0.39 is 6.10 Å². The van der Waals surface area contributed by atoms with Gasteiger partial charge in [0.2, 0.25) is 0 Å². The smallest absolute Gasteiger partial charge is 0.191 e. The van der Waals surface area contributed by atoms with Gasteiger partial charge < -0.3 is 14.1 Å². The van der Waals surface area contributed by atoms with Crippen molar-refractivity contribution in [2.75, 3.05) is 0 Å². The van der Waals surface area contributed by atoms with E-state index in [-0.39, 0.29) is 12.0 Å². The maximum Gasteiger partial charge on any atom is 0.191 e. The van der Waals surface area contributed by atoms with Crippen molar-refractivity contribution < 1.29 is 9.52 Å². The number of nitrogens with zero attached hydrogens (tertiary/aromatic N) is 3. The van der Waals surface area contributed by atoms with Crippen LogP contribution >= 0.6 is 0 Å². The molecule has 1 aliphatic carbocycles. The number of hydrogen-bond donors (Lipinski definition) is 1. The standard InChI is InChI=1S/C18H17N3O2/c1-10-20-16-15(23-10)7-6-13(18(16)22)17-12-5-3-2-4-11(12)14-8-19-9-21(14)17/h2-5,8-9,13,17-18,22H,6-7H2,1H3/t13-,17?,18-/m1/s1. The minimum atomic E-state index is -0.609. The Morgan fingerprint density at radius 3 is 3.09 bits per heavy atom. The highest BCUT2D eigenvalue weighted by Crippen LogP contribution is 2.49. The van der Waals surface area contributed by atoms with Crippen LogP contribution in [0.5, 0.6) is 0 Å². The molecule has 3 atom stereocenters. The van der Waals surface area contributed by atoms with Crippen molar-refractivity contribution in [1.29, 1.82) is 0 Å². The number of aliphatic hydroxyl groups is 1. The molecule has 1 N–H and O–H groups in total. The fraction of sp³-hybridized carbons (Fsp3) is 0.333. The molecule has 5 rings (SSSR count). The Hall–Kier alpha value is -2.40. The van der Waals surface area contributed by atoms with Crippen LogP contribution < -0.4 is 0 Å². The summed E-state index contributed by atoms with van der Waals surface area (Å²) >= 11 is 0. The first-order valence-electron chi connectivity index (χ1n) is 7.99. The number of imidazole rings is 1. The SMILES string of the molecule is Cc1nc2c(o1)CC[C@H](C1c3ccccc3-c3cncn31)[C@H]2O. The first-order valence-corrected chi connectivity index (χ1v) is 7.99. The number of benzene rings is 1. The molecule has 5 nitrogen and oxygen atoms in total. The van der Waals surface area contributed by atoms with Crippen LogP contribution in [0, 0.1) is 12.8 Å². The molecule has 2 aromatic heterocycles. The topological polar surface area (TPSA) is 64.1 Å². The largest absolute Gasteiger partial charge is 0.446 e. The average molecular weight is 307 g/mol. The molecule has 1 aromatic carbocycles. The molecule has 3 aromatic rings. The molecule has 1 aliphatic heterocycles. The van der Waals surface area contributed by atoms with E-state index in [4.69, 9.17) is 4.42 Å². The maximum absolute atomic E-state index is 10.9. The predicted octanol–water partition coefficient (Wildman–Crippen LogP) is 3.05. The van der Waals surface area contributed by atoms with Crippen LogP contribution in [-0.4, -0.2) is 19.6 Å². The van der Waals surface area contributed by atoms with Crippen molar-refractivity contribution in [3.8, 4) is 11.3 Å². The van der Waals surface area contributed by atoms with Gasteiger partial charge in [-0.05, 0) is 12.0 Å². The lowest BCUT2D eigenvalue weighted by molar-refractivity contribution is 0.0656. The summed E-state index contributed by atoms with van der Waals surface area (Å²) in [5.74, 6) is 1.54. The molecule has 23 heavy (non-hydrogen) atoms. The van der Waals surface area contributed by atoms with Gasteiger partial charge in [-0.15, -0.1) is 0 Å². The van der Waals surface area contributed by atoms with E-state index >= 15 is 0 Å². The van der Waals surface area contributed by atoms with E-state index in [9.17, 15) is 5.11 Å². The Balaban J connectivity index is 1.63. The molecule has 3 heterocycles. The number of aromatic nitrogens is 3. The second-order valence-corrected chi connectivity index (χ2v) is 6.41. The van der Waals surface area contributed by atoms with E-state index in [1.165, 1.54) is 11.1 Å². The first kappa shape index (κ1) is 13.1. The predicted molar refractivity (Wildman–Crippen MR) is 83.8 cm³/mol. The highest BCUT2D eigenvalue weighted by Gasteiger charge is 2.42. The monoisotopic (exact) mass is 307 g/mol. The van der Waals surface area contributed by atoms with Crippen LogP contribution in [0.25, 0.3) is 11.3 Å². The minimum absolute atomic E-state index is 0.0728. The van der Waals surface area contributed by atoms with Crippen LogP contribution in [0.4, 0.5) is 0 Å². The number of oxazole rings is 1. The summed E-state index contributed by atoms with van der Waals surface area (Å²) in [5, 5.41) is 10.9. The van der Waals surface area contributed by atoms with E-state index in [1.807, 2.05) is 19.4 Å². The first-order chi connectivity index (χ1) is 11.2. The normalized spacial score (nSPS) is 25.0. The minimum Gasteiger partial charge on any atom is -0.446 e. The summed E-state index contributed by atoms with van der Waals surface area (Å²) in [4.78, 5) is 8.72. The lowest BCUT2D eigenvalue weighted by Crippen LogP contribution is -2.28.